The van der Waals surface area contributed by atoms with Crippen molar-refractivity contribution in [2.75, 3.05) is 13.7 Å². The van der Waals surface area contributed by atoms with Crippen LogP contribution in [0.2, 0.25) is 0 Å². The van der Waals surface area contributed by atoms with E-state index in [1.165, 1.54) is 7.11 Å². The minimum atomic E-state index is -0.116. The van der Waals surface area contributed by atoms with E-state index in [0.29, 0.717) is 5.92 Å². The summed E-state index contributed by atoms with van der Waals surface area (Å²) in [5, 5.41) is 3.13. The van der Waals surface area contributed by atoms with Gasteiger partial charge in [-0.1, -0.05) is 13.3 Å². The Morgan fingerprint density at radius 1 is 1.73 bits per heavy atom. The van der Waals surface area contributed by atoms with Gasteiger partial charge in [-0.3, -0.25) is 4.79 Å². The minimum Gasteiger partial charge on any atom is -0.468 e. The quantitative estimate of drug-likeness (QED) is 0.595. The minimum absolute atomic E-state index is 0.0509. The Bertz CT molecular complexity index is 147. The second-order valence-corrected chi connectivity index (χ2v) is 2.91. The van der Waals surface area contributed by atoms with Gasteiger partial charge in [0.15, 0.2) is 0 Å². The molecule has 0 aromatic rings. The van der Waals surface area contributed by atoms with Gasteiger partial charge in [0.25, 0.3) is 0 Å². The summed E-state index contributed by atoms with van der Waals surface area (Å²) >= 11 is 0. The number of carbonyl (C=O) groups excluding carboxylic acids is 1. The van der Waals surface area contributed by atoms with Gasteiger partial charge in [0.2, 0.25) is 0 Å². The molecule has 11 heavy (non-hydrogen) atoms. The normalized spacial score (nSPS) is 30.4. The summed E-state index contributed by atoms with van der Waals surface area (Å²) in [5.41, 5.74) is 0. The van der Waals surface area contributed by atoms with E-state index in [4.69, 9.17) is 0 Å². The van der Waals surface area contributed by atoms with Crippen LogP contribution in [0.25, 0.3) is 0 Å². The zero-order valence-corrected chi connectivity index (χ0v) is 7.09. The van der Waals surface area contributed by atoms with E-state index < -0.39 is 0 Å². The second-order valence-electron chi connectivity index (χ2n) is 2.91. The Kier molecular flexibility index (Phi) is 2.88. The molecule has 1 aliphatic rings. The summed E-state index contributed by atoms with van der Waals surface area (Å²) in [5.74, 6) is 0.358. The molecular weight excluding hydrogens is 142 g/mol. The number of methoxy groups -OCH3 is 1. The van der Waals surface area contributed by atoms with Crippen LogP contribution in [0.3, 0.4) is 0 Å². The van der Waals surface area contributed by atoms with Crippen LogP contribution in [0.5, 0.6) is 0 Å². The van der Waals surface area contributed by atoms with E-state index in [-0.39, 0.29) is 12.0 Å². The fraction of sp³-hybridized carbons (Fsp3) is 0.875. The van der Waals surface area contributed by atoms with Gasteiger partial charge in [0.05, 0.1) is 7.11 Å². The molecule has 0 amide bonds. The van der Waals surface area contributed by atoms with E-state index in [0.717, 1.165) is 19.4 Å². The highest BCUT2D eigenvalue weighted by molar-refractivity contribution is 5.76. The predicted octanol–water partition coefficient (Wildman–Crippen LogP) is 0.547. The first kappa shape index (κ1) is 8.53. The van der Waals surface area contributed by atoms with Gasteiger partial charge in [0.1, 0.15) is 6.04 Å². The van der Waals surface area contributed by atoms with Crippen molar-refractivity contribution < 1.29 is 9.53 Å². The van der Waals surface area contributed by atoms with Crippen LogP contribution in [0.1, 0.15) is 19.8 Å². The van der Waals surface area contributed by atoms with Crippen LogP contribution >= 0.6 is 0 Å². The van der Waals surface area contributed by atoms with Crippen molar-refractivity contribution in [2.45, 2.75) is 25.8 Å². The van der Waals surface area contributed by atoms with Crippen LogP contribution < -0.4 is 5.32 Å². The fourth-order valence-electron chi connectivity index (χ4n) is 1.60. The van der Waals surface area contributed by atoms with E-state index in [2.05, 4.69) is 17.0 Å². The number of hydrogen-bond donors (Lipinski definition) is 1. The summed E-state index contributed by atoms with van der Waals surface area (Å²) < 4.78 is 4.66. The third-order valence-electron chi connectivity index (χ3n) is 2.33. The molecule has 1 heterocycles. The molecule has 0 bridgehead atoms. The van der Waals surface area contributed by atoms with Gasteiger partial charge in [-0.15, -0.1) is 0 Å². The standard InChI is InChI=1S/C8H15NO2/c1-3-6-4-5-9-7(6)8(10)11-2/h6-7,9H,3-5H2,1-2H3/t6-,7-/m1/s1. The molecule has 2 atom stereocenters. The number of esters is 1. The van der Waals surface area contributed by atoms with Gasteiger partial charge >= 0.3 is 5.97 Å². The number of rotatable bonds is 2. The third kappa shape index (κ3) is 1.71. The lowest BCUT2D eigenvalue weighted by molar-refractivity contribution is -0.143. The molecule has 64 valence electrons. The van der Waals surface area contributed by atoms with Crippen molar-refractivity contribution in [1.29, 1.82) is 0 Å². The molecule has 0 aromatic carbocycles. The number of nitrogens with one attached hydrogen (secondary N) is 1. The molecule has 3 nitrogen and oxygen atoms in total. The first-order valence-electron chi connectivity index (χ1n) is 4.10. The van der Waals surface area contributed by atoms with Crippen LogP contribution in [0, 0.1) is 5.92 Å². The van der Waals surface area contributed by atoms with E-state index in [1.807, 2.05) is 0 Å². The van der Waals surface area contributed by atoms with Crippen molar-refractivity contribution in [3.63, 3.8) is 0 Å². The molecule has 1 aliphatic heterocycles. The van der Waals surface area contributed by atoms with Crippen LogP contribution in [-0.2, 0) is 9.53 Å². The topological polar surface area (TPSA) is 38.3 Å². The van der Waals surface area contributed by atoms with Crippen LogP contribution in [0.4, 0.5) is 0 Å². The summed E-state index contributed by atoms with van der Waals surface area (Å²) in [6, 6.07) is -0.0509. The molecule has 3 heteroatoms. The first-order valence-corrected chi connectivity index (χ1v) is 4.10. The van der Waals surface area contributed by atoms with Gasteiger partial charge in [0, 0.05) is 0 Å². The maximum absolute atomic E-state index is 11.1. The maximum atomic E-state index is 11.1. The Morgan fingerprint density at radius 3 is 3.00 bits per heavy atom. The van der Waals surface area contributed by atoms with Gasteiger partial charge < -0.3 is 10.1 Å². The van der Waals surface area contributed by atoms with E-state index >= 15 is 0 Å². The van der Waals surface area contributed by atoms with Crippen molar-refractivity contribution in [2.24, 2.45) is 5.92 Å². The molecule has 0 radical (unpaired) electrons. The van der Waals surface area contributed by atoms with Crippen molar-refractivity contribution in [1.82, 2.24) is 5.32 Å². The molecule has 1 rings (SSSR count). The molecule has 0 aliphatic carbocycles. The molecule has 0 spiro atoms. The lowest BCUT2D eigenvalue weighted by Gasteiger charge is -2.14. The Labute approximate surface area is 67.1 Å². The maximum Gasteiger partial charge on any atom is 0.323 e. The van der Waals surface area contributed by atoms with Crippen molar-refractivity contribution in [3.8, 4) is 0 Å². The molecular formula is C8H15NO2. The molecule has 1 saturated heterocycles. The van der Waals surface area contributed by atoms with Crippen LogP contribution in [0.15, 0.2) is 0 Å². The summed E-state index contributed by atoms with van der Waals surface area (Å²) in [6.45, 7) is 3.05. The molecule has 0 aromatic heterocycles. The third-order valence-corrected chi connectivity index (χ3v) is 2.33. The van der Waals surface area contributed by atoms with Gasteiger partial charge in [-0.25, -0.2) is 0 Å². The van der Waals surface area contributed by atoms with Gasteiger partial charge in [-0.2, -0.15) is 0 Å². The largest absolute Gasteiger partial charge is 0.468 e. The molecule has 0 unspecified atom stereocenters. The highest BCUT2D eigenvalue weighted by Crippen LogP contribution is 2.19. The number of ether oxygens (including phenoxy) is 1. The SMILES string of the molecule is CC[C@@H]1CCN[C@H]1C(=O)OC. The smallest absolute Gasteiger partial charge is 0.323 e. The molecule has 1 fully saturated rings. The summed E-state index contributed by atoms with van der Waals surface area (Å²) in [4.78, 5) is 11.1. The second kappa shape index (κ2) is 3.72. The monoisotopic (exact) mass is 157 g/mol. The fourth-order valence-corrected chi connectivity index (χ4v) is 1.60. The lowest BCUT2D eigenvalue weighted by Crippen LogP contribution is -2.36. The summed E-state index contributed by atoms with van der Waals surface area (Å²) in [7, 11) is 1.44. The number of hydrogen-bond acceptors (Lipinski definition) is 3. The van der Waals surface area contributed by atoms with Crippen molar-refractivity contribution in [3.05, 3.63) is 0 Å². The van der Waals surface area contributed by atoms with E-state index in [1.54, 1.807) is 0 Å². The van der Waals surface area contributed by atoms with E-state index in [9.17, 15) is 4.79 Å². The lowest BCUT2D eigenvalue weighted by atomic mass is 9.98. The van der Waals surface area contributed by atoms with Crippen molar-refractivity contribution >= 4 is 5.97 Å². The Hall–Kier alpha value is -0.570. The Morgan fingerprint density at radius 2 is 2.45 bits per heavy atom. The average molecular weight is 157 g/mol. The highest BCUT2D eigenvalue weighted by atomic mass is 16.5. The highest BCUT2D eigenvalue weighted by Gasteiger charge is 2.31. The summed E-state index contributed by atoms with van der Waals surface area (Å²) in [6.07, 6.45) is 2.14. The van der Waals surface area contributed by atoms with Gasteiger partial charge in [-0.05, 0) is 18.9 Å². The first-order chi connectivity index (χ1) is 5.29. The average Bonchev–Trinajstić information content (AvgIpc) is 2.50. The predicted molar refractivity (Wildman–Crippen MR) is 42.2 cm³/mol. The van der Waals surface area contributed by atoms with Crippen LogP contribution in [-0.4, -0.2) is 25.7 Å². The molecule has 0 saturated carbocycles. The Balaban J connectivity index is 2.49. The molecule has 1 N–H and O–H groups in total. The zero-order chi connectivity index (χ0) is 8.27. The number of carbonyl (C=O) groups is 1. The zero-order valence-electron chi connectivity index (χ0n) is 7.09.